The van der Waals surface area contributed by atoms with Gasteiger partial charge in [0, 0.05) is 31.7 Å². The Morgan fingerprint density at radius 1 is 1.09 bits per heavy atom. The van der Waals surface area contributed by atoms with Crippen molar-refractivity contribution >= 4 is 46.5 Å². The van der Waals surface area contributed by atoms with Crippen molar-refractivity contribution in [1.29, 1.82) is 0 Å². The summed E-state index contributed by atoms with van der Waals surface area (Å²) >= 11 is 0.896. The number of hydrogen-bond acceptors (Lipinski definition) is 5. The Morgan fingerprint density at radius 2 is 1.85 bits per heavy atom. The van der Waals surface area contributed by atoms with E-state index in [1.54, 1.807) is 11.0 Å². The summed E-state index contributed by atoms with van der Waals surface area (Å²) in [6, 6.07) is 15.1. The van der Waals surface area contributed by atoms with E-state index in [0.29, 0.717) is 11.4 Å². The first kappa shape index (κ1) is 22.8. The third kappa shape index (κ3) is 4.85. The number of aryl methyl sites for hydroxylation is 1. The molecule has 0 saturated carbocycles. The zero-order chi connectivity index (χ0) is 23.5. The maximum Gasteiger partial charge on any atom is 0.293 e. The second-order valence-corrected chi connectivity index (χ2v) is 9.15. The number of hydrogen-bond donors (Lipinski definition) is 1. The summed E-state index contributed by atoms with van der Waals surface area (Å²) in [7, 11) is 0. The van der Waals surface area contributed by atoms with Gasteiger partial charge in [-0.1, -0.05) is 42.5 Å². The van der Waals surface area contributed by atoms with Crippen molar-refractivity contribution in [2.75, 3.05) is 24.5 Å². The largest absolute Gasteiger partial charge is 0.354 e. The number of thioether (sulfide) groups is 1. The summed E-state index contributed by atoms with van der Waals surface area (Å²) in [6.45, 7) is 4.50. The number of carbonyl (C=O) groups excluding carboxylic acids is 4. The molecular formula is C25H25N3O4S. The lowest BCUT2D eigenvalue weighted by atomic mass is 10.1. The minimum absolute atomic E-state index is 0.0826. The van der Waals surface area contributed by atoms with Crippen LogP contribution in [0.1, 0.15) is 23.1 Å². The number of imide groups is 1. The van der Waals surface area contributed by atoms with E-state index in [1.807, 2.05) is 62.4 Å². The molecule has 33 heavy (non-hydrogen) atoms. The maximum absolute atomic E-state index is 12.7. The summed E-state index contributed by atoms with van der Waals surface area (Å²) in [6.07, 6.45) is 1.83. The Balaban J connectivity index is 1.32. The van der Waals surface area contributed by atoms with Crippen LogP contribution in [0.4, 0.5) is 10.5 Å². The Labute approximate surface area is 196 Å². The minimum atomic E-state index is -0.467. The quantitative estimate of drug-likeness (QED) is 0.663. The normalized spacial score (nSPS) is 19.6. The summed E-state index contributed by atoms with van der Waals surface area (Å²) in [4.78, 5) is 53.3. The Kier molecular flexibility index (Phi) is 6.65. The fourth-order valence-electron chi connectivity index (χ4n) is 3.97. The highest BCUT2D eigenvalue weighted by molar-refractivity contribution is 8.18. The van der Waals surface area contributed by atoms with Gasteiger partial charge in [-0.15, -0.1) is 0 Å². The molecule has 2 aromatic rings. The molecule has 0 aromatic heterocycles. The highest BCUT2D eigenvalue weighted by atomic mass is 32.2. The van der Waals surface area contributed by atoms with Crippen LogP contribution in [0, 0.1) is 19.8 Å². The molecule has 2 aliphatic rings. The second kappa shape index (κ2) is 9.62. The maximum atomic E-state index is 12.7. The molecule has 2 saturated heterocycles. The average Bonchev–Trinajstić information content (AvgIpc) is 3.31. The number of anilines is 1. The van der Waals surface area contributed by atoms with Gasteiger partial charge >= 0.3 is 0 Å². The molecule has 1 unspecified atom stereocenters. The number of carbonyl (C=O) groups is 4. The van der Waals surface area contributed by atoms with Crippen molar-refractivity contribution in [3.63, 3.8) is 0 Å². The first-order valence-corrected chi connectivity index (χ1v) is 11.6. The average molecular weight is 464 g/mol. The Hall–Kier alpha value is -3.39. The van der Waals surface area contributed by atoms with Crippen LogP contribution in [-0.4, -0.2) is 47.5 Å². The van der Waals surface area contributed by atoms with Crippen molar-refractivity contribution in [1.82, 2.24) is 10.2 Å². The van der Waals surface area contributed by atoms with Gasteiger partial charge in [-0.05, 0) is 54.4 Å². The highest BCUT2D eigenvalue weighted by Gasteiger charge is 2.37. The van der Waals surface area contributed by atoms with Crippen LogP contribution < -0.4 is 10.2 Å². The molecule has 7 nitrogen and oxygen atoms in total. The van der Waals surface area contributed by atoms with Crippen LogP contribution in [0.2, 0.25) is 0 Å². The zero-order valence-corrected chi connectivity index (χ0v) is 19.4. The standard InChI is InChI=1S/C25H25N3O4S/c1-16-7-6-10-20(17(16)2)28-15-19(14-22(28)29)23(30)26-11-12-27-24(31)21(33-25(27)32)13-18-8-4-3-5-9-18/h3-10,13,19H,11-12,14-15H2,1-2H3,(H,26,30)/b21-13-. The Morgan fingerprint density at radius 3 is 2.61 bits per heavy atom. The number of amides is 4. The molecule has 0 bridgehead atoms. The van der Waals surface area contributed by atoms with E-state index >= 15 is 0 Å². The van der Waals surface area contributed by atoms with Gasteiger partial charge in [-0.2, -0.15) is 0 Å². The highest BCUT2D eigenvalue weighted by Crippen LogP contribution is 2.32. The van der Waals surface area contributed by atoms with E-state index in [4.69, 9.17) is 0 Å². The fraction of sp³-hybridized carbons (Fsp3) is 0.280. The first-order chi connectivity index (χ1) is 15.8. The molecule has 2 fully saturated rings. The third-order valence-electron chi connectivity index (χ3n) is 5.97. The van der Waals surface area contributed by atoms with Crippen LogP contribution in [0.15, 0.2) is 53.4 Å². The SMILES string of the molecule is Cc1cccc(N2CC(C(=O)NCCN3C(=O)S/C(=C\c4ccccc4)C3=O)CC2=O)c1C. The van der Waals surface area contributed by atoms with Crippen molar-refractivity contribution in [2.45, 2.75) is 20.3 Å². The molecule has 1 N–H and O–H groups in total. The van der Waals surface area contributed by atoms with Gasteiger partial charge < -0.3 is 10.2 Å². The van der Waals surface area contributed by atoms with Gasteiger partial charge in [-0.25, -0.2) is 0 Å². The molecule has 2 heterocycles. The van der Waals surface area contributed by atoms with Gasteiger partial charge in [0.2, 0.25) is 11.8 Å². The summed E-state index contributed by atoms with van der Waals surface area (Å²) in [5.74, 6) is -1.16. The smallest absolute Gasteiger partial charge is 0.293 e. The van der Waals surface area contributed by atoms with Crippen molar-refractivity contribution in [3.8, 4) is 0 Å². The van der Waals surface area contributed by atoms with Crippen LogP contribution in [-0.2, 0) is 14.4 Å². The van der Waals surface area contributed by atoms with Crippen LogP contribution in [0.25, 0.3) is 6.08 Å². The Bertz CT molecular complexity index is 1150. The third-order valence-corrected chi connectivity index (χ3v) is 6.88. The fourth-order valence-corrected chi connectivity index (χ4v) is 4.84. The predicted molar refractivity (Wildman–Crippen MR) is 129 cm³/mol. The lowest BCUT2D eigenvalue weighted by molar-refractivity contribution is -0.127. The van der Waals surface area contributed by atoms with Gasteiger partial charge in [-0.3, -0.25) is 24.1 Å². The van der Waals surface area contributed by atoms with Crippen LogP contribution in [0.3, 0.4) is 0 Å². The van der Waals surface area contributed by atoms with Crippen LogP contribution in [0.5, 0.6) is 0 Å². The molecule has 8 heteroatoms. The molecule has 170 valence electrons. The van der Waals surface area contributed by atoms with E-state index in [1.165, 1.54) is 0 Å². The molecule has 0 radical (unpaired) electrons. The summed E-state index contributed by atoms with van der Waals surface area (Å²) in [5.41, 5.74) is 3.79. The van der Waals surface area contributed by atoms with Crippen molar-refractivity contribution < 1.29 is 19.2 Å². The van der Waals surface area contributed by atoms with E-state index in [9.17, 15) is 19.2 Å². The lowest BCUT2D eigenvalue weighted by Crippen LogP contribution is -2.40. The molecule has 4 rings (SSSR count). The lowest BCUT2D eigenvalue weighted by Gasteiger charge is -2.20. The monoisotopic (exact) mass is 463 g/mol. The molecule has 0 spiro atoms. The number of benzene rings is 2. The molecule has 2 aliphatic heterocycles. The number of nitrogens with one attached hydrogen (secondary N) is 1. The molecule has 1 atom stereocenters. The van der Waals surface area contributed by atoms with E-state index in [-0.39, 0.29) is 42.5 Å². The predicted octanol–water partition coefficient (Wildman–Crippen LogP) is 3.51. The zero-order valence-electron chi connectivity index (χ0n) is 18.5. The summed E-state index contributed by atoms with van der Waals surface area (Å²) in [5, 5.41) is 2.43. The number of rotatable bonds is 6. The molecule has 0 aliphatic carbocycles. The first-order valence-electron chi connectivity index (χ1n) is 10.8. The molecule has 2 aromatic carbocycles. The minimum Gasteiger partial charge on any atom is -0.354 e. The van der Waals surface area contributed by atoms with Crippen molar-refractivity contribution in [3.05, 3.63) is 70.1 Å². The van der Waals surface area contributed by atoms with Gasteiger partial charge in [0.1, 0.15) is 0 Å². The van der Waals surface area contributed by atoms with Gasteiger partial charge in [0.25, 0.3) is 11.1 Å². The van der Waals surface area contributed by atoms with Crippen LogP contribution >= 0.6 is 11.8 Å². The topological polar surface area (TPSA) is 86.8 Å². The van der Waals surface area contributed by atoms with E-state index < -0.39 is 5.92 Å². The molecular weight excluding hydrogens is 438 g/mol. The van der Waals surface area contributed by atoms with Crippen molar-refractivity contribution in [2.24, 2.45) is 5.92 Å². The summed E-state index contributed by atoms with van der Waals surface area (Å²) < 4.78 is 0. The van der Waals surface area contributed by atoms with Gasteiger partial charge in [0.05, 0.1) is 10.8 Å². The molecule has 4 amide bonds. The number of nitrogens with zero attached hydrogens (tertiary/aromatic N) is 2. The van der Waals surface area contributed by atoms with E-state index in [0.717, 1.165) is 39.0 Å². The van der Waals surface area contributed by atoms with E-state index in [2.05, 4.69) is 5.32 Å². The van der Waals surface area contributed by atoms with Gasteiger partial charge in [0.15, 0.2) is 0 Å². The second-order valence-electron chi connectivity index (χ2n) is 8.16.